The molecule has 8 heteroatoms. The smallest absolute Gasteiger partial charge is 0.176 e. The summed E-state index contributed by atoms with van der Waals surface area (Å²) >= 11 is 3.31. The summed E-state index contributed by atoms with van der Waals surface area (Å²) in [5, 5.41) is 4.04. The van der Waals surface area contributed by atoms with E-state index in [1.807, 2.05) is 22.9 Å². The van der Waals surface area contributed by atoms with Crippen molar-refractivity contribution in [3.05, 3.63) is 85.7 Å². The molecule has 1 saturated heterocycles. The number of hydrogen-bond donors (Lipinski definition) is 0. The van der Waals surface area contributed by atoms with Gasteiger partial charge >= 0.3 is 0 Å². The van der Waals surface area contributed by atoms with E-state index < -0.39 is 21.5 Å². The summed E-state index contributed by atoms with van der Waals surface area (Å²) in [4.78, 5) is 4.56. The molecular formula is C20H17F2NO2S3. The van der Waals surface area contributed by atoms with E-state index in [-0.39, 0.29) is 16.5 Å². The molecule has 1 aliphatic heterocycles. The Kier molecular flexibility index (Phi) is 5.22. The molecule has 0 bridgehead atoms. The first-order valence-corrected chi connectivity index (χ1v) is 12.2. The van der Waals surface area contributed by atoms with Crippen LogP contribution in [0.3, 0.4) is 0 Å². The molecule has 0 unspecified atom stereocenters. The van der Waals surface area contributed by atoms with Crippen molar-refractivity contribution in [1.29, 1.82) is 0 Å². The lowest BCUT2D eigenvalue weighted by Crippen LogP contribution is -2.43. The molecule has 146 valence electrons. The zero-order valence-corrected chi connectivity index (χ0v) is 17.4. The van der Waals surface area contributed by atoms with Crippen LogP contribution >= 0.6 is 22.7 Å². The number of likely N-dealkylation sites (tertiary alicyclic amines) is 1. The largest absolute Gasteiger partial charge is 0.283 e. The maximum absolute atomic E-state index is 13.7. The Bertz CT molecular complexity index is 1060. The van der Waals surface area contributed by atoms with E-state index in [9.17, 15) is 17.2 Å². The standard InChI is InChI=1S/C20H17F2NO2S3/c1-28(24,25)20(13-8-15(21)10-16(22)9-13)14-11-23(12-14)19(17-4-2-6-26-17)18-5-3-7-27-18/h2-10,19H,11-12H2,1H3. The zero-order valence-electron chi connectivity index (χ0n) is 14.9. The predicted molar refractivity (Wildman–Crippen MR) is 110 cm³/mol. The van der Waals surface area contributed by atoms with Gasteiger partial charge in [-0.25, -0.2) is 17.2 Å². The lowest BCUT2D eigenvalue weighted by Gasteiger charge is -2.41. The summed E-state index contributed by atoms with van der Waals surface area (Å²) < 4.78 is 52.2. The van der Waals surface area contributed by atoms with E-state index in [2.05, 4.69) is 17.0 Å². The molecule has 4 rings (SSSR count). The highest BCUT2D eigenvalue weighted by Crippen LogP contribution is 2.40. The van der Waals surface area contributed by atoms with Crippen LogP contribution in [-0.2, 0) is 9.84 Å². The van der Waals surface area contributed by atoms with Crippen molar-refractivity contribution >= 4 is 37.4 Å². The Labute approximate surface area is 170 Å². The van der Waals surface area contributed by atoms with E-state index in [1.54, 1.807) is 22.7 Å². The van der Waals surface area contributed by atoms with Crippen molar-refractivity contribution in [2.45, 2.75) is 6.04 Å². The quantitative estimate of drug-likeness (QED) is 0.567. The number of thiophene rings is 2. The van der Waals surface area contributed by atoms with Crippen molar-refractivity contribution in [3.63, 3.8) is 0 Å². The van der Waals surface area contributed by atoms with Crippen LogP contribution in [0.15, 0.2) is 58.8 Å². The Balaban J connectivity index is 1.71. The predicted octanol–water partition coefficient (Wildman–Crippen LogP) is 4.95. The van der Waals surface area contributed by atoms with Gasteiger partial charge in [-0.15, -0.1) is 22.7 Å². The molecule has 0 aliphatic carbocycles. The van der Waals surface area contributed by atoms with Gasteiger partial charge in [0.25, 0.3) is 0 Å². The first-order chi connectivity index (χ1) is 13.3. The van der Waals surface area contributed by atoms with Crippen molar-refractivity contribution < 1.29 is 17.2 Å². The number of hydrogen-bond acceptors (Lipinski definition) is 5. The van der Waals surface area contributed by atoms with Crippen LogP contribution in [0.4, 0.5) is 8.78 Å². The summed E-state index contributed by atoms with van der Waals surface area (Å²) in [5.74, 6) is -1.58. The van der Waals surface area contributed by atoms with Gasteiger partial charge in [0, 0.05) is 35.2 Å². The highest BCUT2D eigenvalue weighted by molar-refractivity contribution is 8.00. The number of rotatable bonds is 5. The van der Waals surface area contributed by atoms with Gasteiger partial charge in [0.2, 0.25) is 0 Å². The third kappa shape index (κ3) is 3.82. The van der Waals surface area contributed by atoms with E-state index in [4.69, 9.17) is 0 Å². The highest BCUT2D eigenvalue weighted by atomic mass is 32.2. The third-order valence-electron chi connectivity index (χ3n) is 4.60. The van der Waals surface area contributed by atoms with E-state index >= 15 is 0 Å². The van der Waals surface area contributed by atoms with Gasteiger partial charge in [0.1, 0.15) is 11.6 Å². The minimum Gasteiger partial charge on any atom is -0.283 e. The van der Waals surface area contributed by atoms with E-state index in [0.29, 0.717) is 18.7 Å². The monoisotopic (exact) mass is 437 g/mol. The molecule has 3 nitrogen and oxygen atoms in total. The molecule has 0 spiro atoms. The maximum atomic E-state index is 13.7. The Hall–Kier alpha value is -1.87. The number of nitrogens with zero attached hydrogens (tertiary/aromatic N) is 1. The van der Waals surface area contributed by atoms with Crippen LogP contribution in [0.5, 0.6) is 0 Å². The van der Waals surface area contributed by atoms with Crippen molar-refractivity contribution in [1.82, 2.24) is 4.90 Å². The molecule has 3 heterocycles. The molecule has 0 atom stereocenters. The van der Waals surface area contributed by atoms with Crippen molar-refractivity contribution in [2.75, 3.05) is 19.3 Å². The van der Waals surface area contributed by atoms with Gasteiger partial charge in [-0.2, -0.15) is 0 Å². The first-order valence-electron chi connectivity index (χ1n) is 8.52. The minimum absolute atomic E-state index is 0.0262. The molecule has 2 aromatic heterocycles. The van der Waals surface area contributed by atoms with Crippen LogP contribution in [0.25, 0.3) is 4.91 Å². The molecule has 0 N–H and O–H groups in total. The van der Waals surface area contributed by atoms with Crippen LogP contribution in [0.1, 0.15) is 21.4 Å². The second-order valence-electron chi connectivity index (χ2n) is 6.70. The first kappa shape index (κ1) is 19.4. The Morgan fingerprint density at radius 2 is 1.54 bits per heavy atom. The Morgan fingerprint density at radius 3 is 1.96 bits per heavy atom. The molecule has 1 aliphatic rings. The lowest BCUT2D eigenvalue weighted by atomic mass is 9.99. The molecule has 1 aromatic carbocycles. The summed E-state index contributed by atoms with van der Waals surface area (Å²) in [6.45, 7) is 0.863. The minimum atomic E-state index is -3.64. The summed E-state index contributed by atoms with van der Waals surface area (Å²) in [7, 11) is -3.64. The van der Waals surface area contributed by atoms with Crippen molar-refractivity contribution in [3.8, 4) is 0 Å². The second-order valence-corrected chi connectivity index (χ2v) is 10.6. The van der Waals surface area contributed by atoms with E-state index in [0.717, 1.165) is 24.5 Å². The Morgan fingerprint density at radius 1 is 1.00 bits per heavy atom. The topological polar surface area (TPSA) is 37.4 Å². The van der Waals surface area contributed by atoms with Gasteiger partial charge in [-0.3, -0.25) is 4.90 Å². The molecule has 0 radical (unpaired) electrons. The number of benzene rings is 1. The molecule has 3 aromatic rings. The normalized spacial score (nSPS) is 15.1. The molecule has 0 amide bonds. The fraction of sp³-hybridized carbons (Fsp3) is 0.200. The fourth-order valence-electron chi connectivity index (χ4n) is 3.53. The number of halogens is 2. The second kappa shape index (κ2) is 7.51. The van der Waals surface area contributed by atoms with Gasteiger partial charge in [-0.05, 0) is 46.2 Å². The average molecular weight is 438 g/mol. The van der Waals surface area contributed by atoms with Crippen LogP contribution in [0, 0.1) is 11.6 Å². The molecule has 1 fully saturated rings. The van der Waals surface area contributed by atoms with Crippen molar-refractivity contribution in [2.24, 2.45) is 0 Å². The average Bonchev–Trinajstić information content (AvgIpc) is 3.24. The molecule has 0 saturated carbocycles. The lowest BCUT2D eigenvalue weighted by molar-refractivity contribution is 0.208. The van der Waals surface area contributed by atoms with Crippen LogP contribution in [0.2, 0.25) is 0 Å². The zero-order chi connectivity index (χ0) is 19.9. The van der Waals surface area contributed by atoms with Gasteiger partial charge in [0.05, 0.1) is 10.9 Å². The van der Waals surface area contributed by atoms with Crippen LogP contribution < -0.4 is 0 Å². The maximum Gasteiger partial charge on any atom is 0.176 e. The SMILES string of the molecule is CS(=O)(=O)C(=C1CN(C(c2cccs2)c2cccs2)C1)c1cc(F)cc(F)c1. The summed E-state index contributed by atoms with van der Waals surface area (Å²) in [5.41, 5.74) is 0.740. The van der Waals surface area contributed by atoms with E-state index in [1.165, 1.54) is 9.75 Å². The fourth-order valence-corrected chi connectivity index (χ4v) is 6.56. The van der Waals surface area contributed by atoms with Gasteiger partial charge in [0.15, 0.2) is 9.84 Å². The number of sulfone groups is 1. The molecular weight excluding hydrogens is 420 g/mol. The molecule has 28 heavy (non-hydrogen) atoms. The summed E-state index contributed by atoms with van der Waals surface area (Å²) in [6, 6.07) is 11.1. The van der Waals surface area contributed by atoms with Gasteiger partial charge < -0.3 is 0 Å². The van der Waals surface area contributed by atoms with Gasteiger partial charge in [-0.1, -0.05) is 12.1 Å². The summed E-state index contributed by atoms with van der Waals surface area (Å²) in [6.07, 6.45) is 1.08. The van der Waals surface area contributed by atoms with Crippen LogP contribution in [-0.4, -0.2) is 32.7 Å². The third-order valence-corrected chi connectivity index (χ3v) is 7.71. The highest BCUT2D eigenvalue weighted by Gasteiger charge is 2.35.